The first kappa shape index (κ1) is 13.4. The second-order valence-corrected chi connectivity index (χ2v) is 6.15. The average Bonchev–Trinajstić information content (AvgIpc) is 2.40. The van der Waals surface area contributed by atoms with Crippen LogP contribution in [0, 0.1) is 0 Å². The van der Waals surface area contributed by atoms with Gasteiger partial charge in [0.25, 0.3) is 0 Å². The maximum absolute atomic E-state index is 12.3. The van der Waals surface area contributed by atoms with Crippen molar-refractivity contribution in [1.82, 2.24) is 4.90 Å². The van der Waals surface area contributed by atoms with Crippen LogP contribution in [0.4, 0.5) is 0 Å². The molecule has 98 valence electrons. The summed E-state index contributed by atoms with van der Waals surface area (Å²) in [6.45, 7) is 3.59. The minimum absolute atomic E-state index is 0.0262. The number of nitrogens with zero attached hydrogens (tertiary/aromatic N) is 1. The van der Waals surface area contributed by atoms with E-state index in [4.69, 9.17) is 5.73 Å². The summed E-state index contributed by atoms with van der Waals surface area (Å²) >= 11 is 1.62. The summed E-state index contributed by atoms with van der Waals surface area (Å²) in [5, 5.41) is -0.0262. The van der Waals surface area contributed by atoms with Gasteiger partial charge in [-0.3, -0.25) is 4.79 Å². The van der Waals surface area contributed by atoms with Crippen LogP contribution >= 0.6 is 11.8 Å². The Balaban J connectivity index is 1.89. The van der Waals surface area contributed by atoms with Crippen LogP contribution in [0.3, 0.4) is 0 Å². The van der Waals surface area contributed by atoms with Gasteiger partial charge < -0.3 is 10.6 Å². The number of thioether (sulfide) groups is 1. The van der Waals surface area contributed by atoms with E-state index in [1.807, 2.05) is 42.2 Å². The Kier molecular flexibility index (Phi) is 4.66. The van der Waals surface area contributed by atoms with Crippen molar-refractivity contribution in [2.45, 2.75) is 36.0 Å². The second kappa shape index (κ2) is 6.25. The zero-order valence-corrected chi connectivity index (χ0v) is 11.5. The van der Waals surface area contributed by atoms with Crippen LogP contribution in [0.15, 0.2) is 35.2 Å². The predicted molar refractivity (Wildman–Crippen MR) is 75.6 cm³/mol. The molecule has 0 bridgehead atoms. The van der Waals surface area contributed by atoms with Crippen LogP contribution in [0.2, 0.25) is 0 Å². The number of piperidine rings is 1. The van der Waals surface area contributed by atoms with Crippen LogP contribution in [0.1, 0.15) is 19.8 Å². The zero-order valence-electron chi connectivity index (χ0n) is 10.7. The van der Waals surface area contributed by atoms with E-state index >= 15 is 0 Å². The molecule has 1 aliphatic heterocycles. The lowest BCUT2D eigenvalue weighted by atomic mass is 10.1. The number of benzene rings is 1. The van der Waals surface area contributed by atoms with Gasteiger partial charge in [0.15, 0.2) is 0 Å². The Morgan fingerprint density at radius 3 is 2.56 bits per heavy atom. The highest BCUT2D eigenvalue weighted by Crippen LogP contribution is 2.24. The Morgan fingerprint density at radius 2 is 1.94 bits per heavy atom. The molecule has 0 spiro atoms. The van der Waals surface area contributed by atoms with Gasteiger partial charge in [0.2, 0.25) is 5.91 Å². The minimum Gasteiger partial charge on any atom is -0.342 e. The minimum atomic E-state index is -0.0262. The normalized spacial score (nSPS) is 18.7. The maximum Gasteiger partial charge on any atom is 0.235 e. The number of carbonyl (C=O) groups is 1. The highest BCUT2D eigenvalue weighted by Gasteiger charge is 2.24. The molecule has 1 fully saturated rings. The summed E-state index contributed by atoms with van der Waals surface area (Å²) in [7, 11) is 0. The third-order valence-corrected chi connectivity index (χ3v) is 4.35. The van der Waals surface area contributed by atoms with E-state index < -0.39 is 0 Å². The molecule has 0 radical (unpaired) electrons. The molecule has 0 aromatic heterocycles. The molecule has 1 aliphatic rings. The lowest BCUT2D eigenvalue weighted by Crippen LogP contribution is -2.45. The van der Waals surface area contributed by atoms with Crippen molar-refractivity contribution in [3.8, 4) is 0 Å². The SMILES string of the molecule is CC(Sc1ccccc1)C(=O)N1CCC(N)CC1. The first-order valence-corrected chi connectivity index (χ1v) is 7.31. The summed E-state index contributed by atoms with van der Waals surface area (Å²) in [6.07, 6.45) is 1.85. The van der Waals surface area contributed by atoms with E-state index in [9.17, 15) is 4.79 Å². The molecule has 0 saturated carbocycles. The molecule has 1 aromatic rings. The van der Waals surface area contributed by atoms with Crippen molar-refractivity contribution in [3.05, 3.63) is 30.3 Å². The van der Waals surface area contributed by atoms with Crippen LogP contribution in [0.5, 0.6) is 0 Å². The van der Waals surface area contributed by atoms with E-state index in [0.29, 0.717) is 0 Å². The number of likely N-dealkylation sites (tertiary alicyclic amines) is 1. The predicted octanol–water partition coefficient (Wildman–Crippen LogP) is 2.12. The fourth-order valence-electron chi connectivity index (χ4n) is 2.13. The lowest BCUT2D eigenvalue weighted by molar-refractivity contribution is -0.131. The van der Waals surface area contributed by atoms with Gasteiger partial charge >= 0.3 is 0 Å². The van der Waals surface area contributed by atoms with E-state index in [1.54, 1.807) is 11.8 Å². The lowest BCUT2D eigenvalue weighted by Gasteiger charge is -2.31. The number of hydrogen-bond donors (Lipinski definition) is 1. The molecule has 4 heteroatoms. The Labute approximate surface area is 113 Å². The average molecular weight is 264 g/mol. The molecule has 1 amide bonds. The van der Waals surface area contributed by atoms with Crippen molar-refractivity contribution in [1.29, 1.82) is 0 Å². The first-order chi connectivity index (χ1) is 8.66. The van der Waals surface area contributed by atoms with Gasteiger partial charge in [-0.15, -0.1) is 11.8 Å². The number of carbonyl (C=O) groups excluding carboxylic acids is 1. The molecular weight excluding hydrogens is 244 g/mol. The fraction of sp³-hybridized carbons (Fsp3) is 0.500. The molecule has 2 rings (SSSR count). The van der Waals surface area contributed by atoms with Crippen LogP contribution in [-0.4, -0.2) is 35.2 Å². The number of rotatable bonds is 3. The molecule has 18 heavy (non-hydrogen) atoms. The molecule has 1 saturated heterocycles. The smallest absolute Gasteiger partial charge is 0.235 e. The summed E-state index contributed by atoms with van der Waals surface area (Å²) in [5.41, 5.74) is 5.85. The van der Waals surface area contributed by atoms with Gasteiger partial charge in [-0.1, -0.05) is 18.2 Å². The molecule has 0 aliphatic carbocycles. The maximum atomic E-state index is 12.3. The van der Waals surface area contributed by atoms with Gasteiger partial charge in [-0.25, -0.2) is 0 Å². The van der Waals surface area contributed by atoms with E-state index in [1.165, 1.54) is 0 Å². The van der Waals surface area contributed by atoms with Crippen molar-refractivity contribution in [2.24, 2.45) is 5.73 Å². The Morgan fingerprint density at radius 1 is 1.33 bits per heavy atom. The molecular formula is C14H20N2OS. The Hall–Kier alpha value is -1.00. The van der Waals surface area contributed by atoms with Gasteiger partial charge in [0.05, 0.1) is 5.25 Å². The third-order valence-electron chi connectivity index (χ3n) is 3.26. The quantitative estimate of drug-likeness (QED) is 0.851. The molecule has 3 nitrogen and oxygen atoms in total. The van der Waals surface area contributed by atoms with E-state index in [0.717, 1.165) is 30.8 Å². The standard InChI is InChI=1S/C14H20N2OS/c1-11(18-13-5-3-2-4-6-13)14(17)16-9-7-12(15)8-10-16/h2-6,11-12H,7-10,15H2,1H3. The van der Waals surface area contributed by atoms with Gasteiger partial charge in [0.1, 0.15) is 0 Å². The summed E-state index contributed by atoms with van der Waals surface area (Å²) in [5.74, 6) is 0.232. The molecule has 1 aromatic carbocycles. The van der Waals surface area contributed by atoms with Crippen molar-refractivity contribution in [3.63, 3.8) is 0 Å². The third kappa shape index (κ3) is 3.50. The highest BCUT2D eigenvalue weighted by atomic mass is 32.2. The molecule has 1 heterocycles. The second-order valence-electron chi connectivity index (χ2n) is 4.74. The summed E-state index contributed by atoms with van der Waals surface area (Å²) < 4.78 is 0. The number of nitrogens with two attached hydrogens (primary N) is 1. The van der Waals surface area contributed by atoms with E-state index in [-0.39, 0.29) is 17.2 Å². The summed E-state index contributed by atoms with van der Waals surface area (Å²) in [4.78, 5) is 15.4. The zero-order chi connectivity index (χ0) is 13.0. The first-order valence-electron chi connectivity index (χ1n) is 6.43. The molecule has 1 atom stereocenters. The topological polar surface area (TPSA) is 46.3 Å². The van der Waals surface area contributed by atoms with Gasteiger partial charge in [-0.05, 0) is 31.9 Å². The van der Waals surface area contributed by atoms with Crippen molar-refractivity contribution in [2.75, 3.05) is 13.1 Å². The number of hydrogen-bond acceptors (Lipinski definition) is 3. The van der Waals surface area contributed by atoms with Crippen LogP contribution < -0.4 is 5.73 Å². The van der Waals surface area contributed by atoms with Crippen LogP contribution in [-0.2, 0) is 4.79 Å². The van der Waals surface area contributed by atoms with E-state index in [2.05, 4.69) is 0 Å². The van der Waals surface area contributed by atoms with Crippen LogP contribution in [0.25, 0.3) is 0 Å². The Bertz CT molecular complexity index is 388. The van der Waals surface area contributed by atoms with Crippen molar-refractivity contribution >= 4 is 17.7 Å². The van der Waals surface area contributed by atoms with Crippen molar-refractivity contribution < 1.29 is 4.79 Å². The highest BCUT2D eigenvalue weighted by molar-refractivity contribution is 8.00. The monoisotopic (exact) mass is 264 g/mol. The molecule has 1 unspecified atom stereocenters. The largest absolute Gasteiger partial charge is 0.342 e. The molecule has 2 N–H and O–H groups in total. The summed E-state index contributed by atoms with van der Waals surface area (Å²) in [6, 6.07) is 10.3. The van der Waals surface area contributed by atoms with Gasteiger partial charge in [0, 0.05) is 24.0 Å². The number of amides is 1. The van der Waals surface area contributed by atoms with Gasteiger partial charge in [-0.2, -0.15) is 0 Å². The fourth-order valence-corrected chi connectivity index (χ4v) is 3.10.